The third-order valence-corrected chi connectivity index (χ3v) is 3.68. The average Bonchev–Trinajstić information content (AvgIpc) is 2.50. The second kappa shape index (κ2) is 5.21. The lowest BCUT2D eigenvalue weighted by atomic mass is 10.0. The Morgan fingerprint density at radius 2 is 2.00 bits per heavy atom. The molecule has 0 aliphatic carbocycles. The van der Waals surface area contributed by atoms with Gasteiger partial charge in [0, 0.05) is 0 Å². The monoisotopic (exact) mass is 211 g/mol. The van der Waals surface area contributed by atoms with Crippen LogP contribution >= 0.6 is 8.19 Å². The van der Waals surface area contributed by atoms with E-state index >= 15 is 0 Å². The summed E-state index contributed by atoms with van der Waals surface area (Å²) in [6, 6.07) is 0. The first kappa shape index (κ1) is 11.3. The molecular weight excluding hydrogens is 193 g/mol. The summed E-state index contributed by atoms with van der Waals surface area (Å²) in [5.41, 5.74) is 7.95. The van der Waals surface area contributed by atoms with Gasteiger partial charge in [-0.1, -0.05) is 26.7 Å². The van der Waals surface area contributed by atoms with E-state index in [4.69, 9.17) is 5.73 Å². The molecule has 14 heavy (non-hydrogen) atoms. The van der Waals surface area contributed by atoms with Crippen LogP contribution in [-0.4, -0.2) is 5.91 Å². The van der Waals surface area contributed by atoms with E-state index in [0.29, 0.717) is 8.19 Å². The van der Waals surface area contributed by atoms with Gasteiger partial charge in [-0.25, -0.2) is 0 Å². The van der Waals surface area contributed by atoms with E-state index in [2.05, 4.69) is 19.6 Å². The zero-order valence-electron chi connectivity index (χ0n) is 8.89. The van der Waals surface area contributed by atoms with Gasteiger partial charge in [-0.05, 0) is 29.8 Å². The van der Waals surface area contributed by atoms with Gasteiger partial charge in [0.2, 0.25) is 0 Å². The van der Waals surface area contributed by atoms with Gasteiger partial charge >= 0.3 is 0 Å². The maximum Gasteiger partial charge on any atom is 0.252 e. The Kier molecular flexibility index (Phi) is 4.21. The standard InChI is InChI=1S/C11H18NOP/c1-3-5-8-7-14-10(11(12)13)9(8)6-4-2/h7,14H,3-6H2,1-2H3,(H2,12,13). The Hall–Kier alpha value is -0.750. The topological polar surface area (TPSA) is 43.1 Å². The fourth-order valence-electron chi connectivity index (χ4n) is 1.74. The molecule has 78 valence electrons. The van der Waals surface area contributed by atoms with Gasteiger partial charge in [0.1, 0.15) is 0 Å². The second-order valence-corrected chi connectivity index (χ2v) is 4.61. The van der Waals surface area contributed by atoms with Crippen molar-refractivity contribution in [2.75, 3.05) is 0 Å². The number of nitrogens with two attached hydrogens (primary N) is 1. The Bertz CT molecular complexity index is 317. The summed E-state index contributed by atoms with van der Waals surface area (Å²) in [5, 5.41) is 0.871. The second-order valence-electron chi connectivity index (χ2n) is 3.53. The summed E-state index contributed by atoms with van der Waals surface area (Å²) >= 11 is 0. The largest absolute Gasteiger partial charge is 0.365 e. The number of carbonyl (C=O) groups is 1. The minimum atomic E-state index is -0.228. The highest BCUT2D eigenvalue weighted by Gasteiger charge is 2.12. The first-order chi connectivity index (χ1) is 6.70. The molecule has 0 aliphatic rings. The van der Waals surface area contributed by atoms with E-state index in [1.54, 1.807) is 0 Å². The number of hydrogen-bond donors (Lipinski definition) is 1. The molecule has 0 saturated heterocycles. The number of aryl methyl sites for hydroxylation is 1. The summed E-state index contributed by atoms with van der Waals surface area (Å²) in [6.07, 6.45) is 4.30. The van der Waals surface area contributed by atoms with E-state index in [-0.39, 0.29) is 5.91 Å². The van der Waals surface area contributed by atoms with E-state index in [1.807, 2.05) is 0 Å². The number of hydrogen-bond acceptors (Lipinski definition) is 1. The van der Waals surface area contributed by atoms with Crippen LogP contribution in [0.5, 0.6) is 0 Å². The van der Waals surface area contributed by atoms with Crippen LogP contribution < -0.4 is 5.73 Å². The molecule has 0 aromatic carbocycles. The summed E-state index contributed by atoms with van der Waals surface area (Å²) < 4.78 is 0. The van der Waals surface area contributed by atoms with Crippen molar-refractivity contribution in [3.8, 4) is 0 Å². The summed E-state index contributed by atoms with van der Waals surface area (Å²) in [4.78, 5) is 11.2. The Labute approximate surface area is 87.0 Å². The molecule has 0 radical (unpaired) electrons. The third kappa shape index (κ3) is 2.39. The molecule has 1 amide bonds. The van der Waals surface area contributed by atoms with E-state index in [0.717, 1.165) is 31.0 Å². The molecule has 2 N–H and O–H groups in total. The quantitative estimate of drug-likeness (QED) is 0.799. The summed E-state index contributed by atoms with van der Waals surface area (Å²) in [5.74, 6) is 1.96. The van der Waals surface area contributed by atoms with Crippen LogP contribution in [0.1, 0.15) is 47.9 Å². The van der Waals surface area contributed by atoms with Crippen LogP contribution in [0.2, 0.25) is 0 Å². The van der Waals surface area contributed by atoms with E-state index in [1.165, 1.54) is 11.1 Å². The maximum absolute atomic E-state index is 11.2. The number of carbonyl (C=O) groups excluding carboxylic acids is 1. The zero-order chi connectivity index (χ0) is 10.6. The molecular formula is C11H18NOP. The van der Waals surface area contributed by atoms with Crippen LogP contribution in [0.3, 0.4) is 0 Å². The first-order valence-corrected chi connectivity index (χ1v) is 6.27. The highest BCUT2D eigenvalue weighted by Crippen LogP contribution is 2.28. The predicted molar refractivity (Wildman–Crippen MR) is 62.5 cm³/mol. The van der Waals surface area contributed by atoms with Gasteiger partial charge in [-0.2, -0.15) is 0 Å². The predicted octanol–water partition coefficient (Wildman–Crippen LogP) is 2.72. The SMILES string of the molecule is CCCc1c[pH]c(C(N)=O)c1CCC. The van der Waals surface area contributed by atoms with Crippen molar-refractivity contribution >= 4 is 14.1 Å². The normalized spacial score (nSPS) is 11.0. The van der Waals surface area contributed by atoms with Gasteiger partial charge in [0.05, 0.1) is 5.30 Å². The number of amides is 1. The lowest BCUT2D eigenvalue weighted by Crippen LogP contribution is -2.11. The number of primary amides is 1. The Morgan fingerprint density at radius 1 is 1.36 bits per heavy atom. The van der Waals surface area contributed by atoms with Gasteiger partial charge in [-0.3, -0.25) is 4.79 Å². The zero-order valence-corrected chi connectivity index (χ0v) is 9.89. The number of rotatable bonds is 5. The van der Waals surface area contributed by atoms with Crippen molar-refractivity contribution in [2.24, 2.45) is 5.73 Å². The van der Waals surface area contributed by atoms with Crippen molar-refractivity contribution in [3.05, 3.63) is 22.2 Å². The van der Waals surface area contributed by atoms with Crippen molar-refractivity contribution in [1.29, 1.82) is 0 Å². The van der Waals surface area contributed by atoms with Crippen molar-refractivity contribution in [3.63, 3.8) is 0 Å². The lowest BCUT2D eigenvalue weighted by Gasteiger charge is -2.03. The van der Waals surface area contributed by atoms with Crippen LogP contribution in [0.4, 0.5) is 0 Å². The minimum Gasteiger partial charge on any atom is -0.365 e. The van der Waals surface area contributed by atoms with Crippen molar-refractivity contribution in [2.45, 2.75) is 39.5 Å². The van der Waals surface area contributed by atoms with Gasteiger partial charge < -0.3 is 5.73 Å². The molecule has 1 rings (SSSR count). The maximum atomic E-state index is 11.2. The van der Waals surface area contributed by atoms with Crippen LogP contribution in [0, 0.1) is 0 Å². The smallest absolute Gasteiger partial charge is 0.252 e. The molecule has 1 unspecified atom stereocenters. The molecule has 1 atom stereocenters. The van der Waals surface area contributed by atoms with Gasteiger partial charge in [-0.15, -0.1) is 8.19 Å². The Balaban J connectivity index is 3.00. The highest BCUT2D eigenvalue weighted by molar-refractivity contribution is 7.32. The molecule has 3 heteroatoms. The molecule has 1 heterocycles. The molecule has 1 aromatic heterocycles. The average molecular weight is 211 g/mol. The molecule has 1 aromatic rings. The van der Waals surface area contributed by atoms with E-state index in [9.17, 15) is 4.79 Å². The van der Waals surface area contributed by atoms with Crippen LogP contribution in [0.15, 0.2) is 5.80 Å². The molecule has 0 fully saturated rings. The molecule has 0 aliphatic heterocycles. The summed E-state index contributed by atoms with van der Waals surface area (Å²) in [7, 11) is 0.503. The minimum absolute atomic E-state index is 0.228. The third-order valence-electron chi connectivity index (χ3n) is 2.35. The van der Waals surface area contributed by atoms with Crippen LogP contribution in [0.25, 0.3) is 0 Å². The van der Waals surface area contributed by atoms with Crippen molar-refractivity contribution < 1.29 is 4.79 Å². The van der Waals surface area contributed by atoms with Crippen molar-refractivity contribution in [1.82, 2.24) is 0 Å². The molecule has 2 nitrogen and oxygen atoms in total. The van der Waals surface area contributed by atoms with Gasteiger partial charge in [0.25, 0.3) is 5.91 Å². The molecule has 0 saturated carbocycles. The fraction of sp³-hybridized carbons (Fsp3) is 0.545. The lowest BCUT2D eigenvalue weighted by molar-refractivity contribution is 0.100. The molecule has 0 bridgehead atoms. The Morgan fingerprint density at radius 3 is 2.50 bits per heavy atom. The van der Waals surface area contributed by atoms with Crippen LogP contribution in [-0.2, 0) is 12.8 Å². The fourth-order valence-corrected chi connectivity index (χ4v) is 2.98. The van der Waals surface area contributed by atoms with Gasteiger partial charge in [0.15, 0.2) is 0 Å². The molecule has 0 spiro atoms. The summed E-state index contributed by atoms with van der Waals surface area (Å²) in [6.45, 7) is 4.30. The first-order valence-electron chi connectivity index (χ1n) is 5.19. The van der Waals surface area contributed by atoms with E-state index < -0.39 is 0 Å². The highest BCUT2D eigenvalue weighted by atomic mass is 31.0.